The Morgan fingerprint density at radius 3 is 2.93 bits per heavy atom. The van der Waals surface area contributed by atoms with Gasteiger partial charge in [0.05, 0.1) is 18.3 Å². The fraction of sp³-hybridized carbons (Fsp3) is 0.455. The van der Waals surface area contributed by atoms with Crippen LogP contribution >= 0.6 is 15.9 Å². The van der Waals surface area contributed by atoms with Crippen LogP contribution in [0.3, 0.4) is 0 Å². The molecule has 2 unspecified atom stereocenters. The van der Waals surface area contributed by atoms with Crippen molar-refractivity contribution in [3.8, 4) is 5.75 Å². The van der Waals surface area contributed by atoms with Crippen molar-refractivity contribution < 1.29 is 9.84 Å². The van der Waals surface area contributed by atoms with Gasteiger partial charge in [-0.1, -0.05) is 15.9 Å². The topological polar surface area (TPSA) is 32.7 Å². The molecule has 1 aromatic rings. The summed E-state index contributed by atoms with van der Waals surface area (Å²) in [6.07, 6.45) is -0.156. The minimum absolute atomic E-state index is 0.0391. The Balaban J connectivity index is 2.40. The van der Waals surface area contributed by atoms with Gasteiger partial charge in [0.2, 0.25) is 0 Å². The van der Waals surface area contributed by atoms with Crippen LogP contribution in [0.1, 0.15) is 6.92 Å². The van der Waals surface area contributed by atoms with Crippen LogP contribution in [0.5, 0.6) is 5.75 Å². The van der Waals surface area contributed by atoms with Crippen molar-refractivity contribution in [3.05, 3.63) is 22.7 Å². The van der Waals surface area contributed by atoms with Crippen LogP contribution in [-0.2, 0) is 0 Å². The van der Waals surface area contributed by atoms with Crippen LogP contribution < -0.4 is 9.64 Å². The SMILES string of the molecule is CC1C(CO)Oc2cc(Br)ccc2N1C. The van der Waals surface area contributed by atoms with E-state index in [1.54, 1.807) is 0 Å². The molecular weight excluding hydrogens is 258 g/mol. The maximum atomic E-state index is 9.21. The number of aliphatic hydroxyl groups excluding tert-OH is 1. The monoisotopic (exact) mass is 271 g/mol. The molecular formula is C11H14BrNO2. The molecule has 3 nitrogen and oxygen atoms in total. The number of benzene rings is 1. The van der Waals surface area contributed by atoms with Gasteiger partial charge in [0, 0.05) is 11.5 Å². The van der Waals surface area contributed by atoms with E-state index < -0.39 is 0 Å². The molecule has 1 aromatic carbocycles. The Hall–Kier alpha value is -0.740. The van der Waals surface area contributed by atoms with Crippen molar-refractivity contribution >= 4 is 21.6 Å². The quantitative estimate of drug-likeness (QED) is 0.849. The summed E-state index contributed by atoms with van der Waals surface area (Å²) in [6, 6.07) is 6.12. The van der Waals surface area contributed by atoms with Crippen LogP contribution in [-0.4, -0.2) is 30.9 Å². The number of fused-ring (bicyclic) bond motifs is 1. The summed E-state index contributed by atoms with van der Waals surface area (Å²) in [5.41, 5.74) is 1.07. The van der Waals surface area contributed by atoms with Crippen molar-refractivity contribution in [2.24, 2.45) is 0 Å². The lowest BCUT2D eigenvalue weighted by Gasteiger charge is -2.39. The molecule has 4 heteroatoms. The Kier molecular flexibility index (Phi) is 2.89. The van der Waals surface area contributed by atoms with E-state index in [0.29, 0.717) is 0 Å². The number of aliphatic hydroxyl groups is 1. The van der Waals surface area contributed by atoms with Gasteiger partial charge in [-0.05, 0) is 25.1 Å². The molecule has 0 aromatic heterocycles. The van der Waals surface area contributed by atoms with Gasteiger partial charge < -0.3 is 14.7 Å². The van der Waals surface area contributed by atoms with Crippen molar-refractivity contribution in [3.63, 3.8) is 0 Å². The first-order chi connectivity index (χ1) is 7.13. The lowest BCUT2D eigenvalue weighted by atomic mass is 10.1. The summed E-state index contributed by atoms with van der Waals surface area (Å²) in [5, 5.41) is 9.21. The average molecular weight is 272 g/mol. The highest BCUT2D eigenvalue weighted by Crippen LogP contribution is 2.36. The van der Waals surface area contributed by atoms with E-state index in [9.17, 15) is 5.11 Å². The standard InChI is InChI=1S/C11H14BrNO2/c1-7-11(6-14)15-10-5-8(12)3-4-9(10)13(7)2/h3-5,7,11,14H,6H2,1-2H3. The fourth-order valence-corrected chi connectivity index (χ4v) is 2.13. The Morgan fingerprint density at radius 1 is 1.53 bits per heavy atom. The summed E-state index contributed by atoms with van der Waals surface area (Å²) < 4.78 is 6.71. The predicted octanol–water partition coefficient (Wildman–Crippen LogP) is 2.03. The van der Waals surface area contributed by atoms with Crippen molar-refractivity contribution in [2.75, 3.05) is 18.6 Å². The summed E-state index contributed by atoms with van der Waals surface area (Å²) in [4.78, 5) is 2.13. The zero-order valence-corrected chi connectivity index (χ0v) is 10.4. The largest absolute Gasteiger partial charge is 0.484 e. The normalized spacial score (nSPS) is 24.7. The molecule has 0 fully saturated rings. The summed E-state index contributed by atoms with van der Waals surface area (Å²) >= 11 is 3.41. The number of ether oxygens (including phenoxy) is 1. The molecule has 1 aliphatic heterocycles. The first-order valence-electron chi connectivity index (χ1n) is 4.93. The second-order valence-corrected chi connectivity index (χ2v) is 4.72. The van der Waals surface area contributed by atoms with Gasteiger partial charge in [-0.3, -0.25) is 0 Å². The van der Waals surface area contributed by atoms with E-state index in [4.69, 9.17) is 4.74 Å². The first kappa shape index (κ1) is 10.8. The highest BCUT2D eigenvalue weighted by atomic mass is 79.9. The number of nitrogens with zero attached hydrogens (tertiary/aromatic N) is 1. The maximum Gasteiger partial charge on any atom is 0.144 e. The molecule has 2 atom stereocenters. The Bertz CT molecular complexity index is 370. The summed E-state index contributed by atoms with van der Waals surface area (Å²) in [5.74, 6) is 0.823. The fourth-order valence-electron chi connectivity index (χ4n) is 1.79. The van der Waals surface area contributed by atoms with E-state index in [1.807, 2.05) is 32.2 Å². The van der Waals surface area contributed by atoms with Crippen LogP contribution in [0.4, 0.5) is 5.69 Å². The molecule has 2 rings (SSSR count). The molecule has 0 amide bonds. The van der Waals surface area contributed by atoms with Crippen LogP contribution in [0.2, 0.25) is 0 Å². The molecule has 0 saturated carbocycles. The lowest BCUT2D eigenvalue weighted by Crippen LogP contribution is -2.47. The zero-order valence-electron chi connectivity index (χ0n) is 8.77. The van der Waals surface area contributed by atoms with E-state index in [-0.39, 0.29) is 18.8 Å². The zero-order chi connectivity index (χ0) is 11.0. The number of rotatable bonds is 1. The number of anilines is 1. The van der Waals surface area contributed by atoms with Crippen LogP contribution in [0, 0.1) is 0 Å². The number of hydrogen-bond donors (Lipinski definition) is 1. The molecule has 82 valence electrons. The molecule has 0 spiro atoms. The number of halogens is 1. The third kappa shape index (κ3) is 1.84. The van der Waals surface area contributed by atoms with Gasteiger partial charge in [-0.15, -0.1) is 0 Å². The maximum absolute atomic E-state index is 9.21. The molecule has 1 N–H and O–H groups in total. The second-order valence-electron chi connectivity index (χ2n) is 3.80. The smallest absolute Gasteiger partial charge is 0.144 e. The third-order valence-electron chi connectivity index (χ3n) is 2.91. The first-order valence-corrected chi connectivity index (χ1v) is 5.72. The average Bonchev–Trinajstić information content (AvgIpc) is 2.23. The van der Waals surface area contributed by atoms with Crippen molar-refractivity contribution in [2.45, 2.75) is 19.1 Å². The minimum Gasteiger partial charge on any atom is -0.484 e. The molecule has 1 aliphatic rings. The van der Waals surface area contributed by atoms with E-state index in [0.717, 1.165) is 15.9 Å². The van der Waals surface area contributed by atoms with Crippen molar-refractivity contribution in [1.82, 2.24) is 0 Å². The van der Waals surface area contributed by atoms with E-state index in [2.05, 4.69) is 20.8 Å². The van der Waals surface area contributed by atoms with Gasteiger partial charge in [0.1, 0.15) is 11.9 Å². The van der Waals surface area contributed by atoms with Crippen LogP contribution in [0.25, 0.3) is 0 Å². The molecule has 0 saturated heterocycles. The lowest BCUT2D eigenvalue weighted by molar-refractivity contribution is 0.0889. The highest BCUT2D eigenvalue weighted by Gasteiger charge is 2.29. The summed E-state index contributed by atoms with van der Waals surface area (Å²) in [6.45, 7) is 2.09. The number of hydrogen-bond acceptors (Lipinski definition) is 3. The van der Waals surface area contributed by atoms with Gasteiger partial charge >= 0.3 is 0 Å². The van der Waals surface area contributed by atoms with Gasteiger partial charge in [-0.25, -0.2) is 0 Å². The molecule has 15 heavy (non-hydrogen) atoms. The second kappa shape index (κ2) is 4.02. The molecule has 1 heterocycles. The molecule has 0 bridgehead atoms. The third-order valence-corrected chi connectivity index (χ3v) is 3.40. The number of likely N-dealkylation sites (N-methyl/N-ethyl adjacent to an activating group) is 1. The van der Waals surface area contributed by atoms with Crippen LogP contribution in [0.15, 0.2) is 22.7 Å². The minimum atomic E-state index is -0.156. The van der Waals surface area contributed by atoms with Gasteiger partial charge in [-0.2, -0.15) is 0 Å². The van der Waals surface area contributed by atoms with Gasteiger partial charge in [0.15, 0.2) is 0 Å². The molecule has 0 aliphatic carbocycles. The Morgan fingerprint density at radius 2 is 2.27 bits per heavy atom. The Labute approximate surface area is 97.8 Å². The van der Waals surface area contributed by atoms with E-state index in [1.165, 1.54) is 0 Å². The summed E-state index contributed by atoms with van der Waals surface area (Å²) in [7, 11) is 2.02. The van der Waals surface area contributed by atoms with Crippen molar-refractivity contribution in [1.29, 1.82) is 0 Å². The van der Waals surface area contributed by atoms with E-state index >= 15 is 0 Å². The predicted molar refractivity (Wildman–Crippen MR) is 63.5 cm³/mol. The highest BCUT2D eigenvalue weighted by molar-refractivity contribution is 9.10. The van der Waals surface area contributed by atoms with Gasteiger partial charge in [0.25, 0.3) is 0 Å². The molecule has 0 radical (unpaired) electrons.